The van der Waals surface area contributed by atoms with Gasteiger partial charge in [-0.15, -0.1) is 0 Å². The van der Waals surface area contributed by atoms with Gasteiger partial charge in [-0.2, -0.15) is 5.10 Å². The molecule has 0 heterocycles. The first-order chi connectivity index (χ1) is 12.5. The zero-order chi connectivity index (χ0) is 18.9. The molecule has 2 aromatic rings. The smallest absolute Gasteiger partial charge is 0.240 e. The van der Waals surface area contributed by atoms with Gasteiger partial charge in [-0.05, 0) is 37.5 Å². The summed E-state index contributed by atoms with van der Waals surface area (Å²) in [6.07, 6.45) is 0.908. The van der Waals surface area contributed by atoms with Crippen molar-refractivity contribution >= 4 is 23.2 Å². The third kappa shape index (κ3) is 5.84. The first-order valence-electron chi connectivity index (χ1n) is 8.77. The minimum atomic E-state index is -0.275. The molecule has 0 radical (unpaired) electrons. The summed E-state index contributed by atoms with van der Waals surface area (Å²) in [7, 11) is 0. The van der Waals surface area contributed by atoms with Crippen LogP contribution in [0.2, 0.25) is 0 Å². The number of aryl methyl sites for hydroxylation is 2. The Hall–Kier alpha value is -2.95. The standard InChI is InChI=1S/C21H25N3O2/c1-4-18(17-8-6-5-7-9-17)23-24-21(26)13-12-20(25)22-19-11-10-15(2)14-16(19)3/h5-11,14H,4,12-13H2,1-3H3,(H,22,25)(H,24,26)/b23-18+. The van der Waals surface area contributed by atoms with Gasteiger partial charge in [-0.1, -0.05) is 55.0 Å². The largest absolute Gasteiger partial charge is 0.326 e. The Bertz CT molecular complexity index is 798. The van der Waals surface area contributed by atoms with Crippen molar-refractivity contribution in [1.29, 1.82) is 0 Å². The molecule has 136 valence electrons. The lowest BCUT2D eigenvalue weighted by Gasteiger charge is -2.09. The molecule has 2 aromatic carbocycles. The van der Waals surface area contributed by atoms with E-state index in [1.54, 1.807) is 0 Å². The molecule has 2 rings (SSSR count). The second kappa shape index (κ2) is 9.51. The van der Waals surface area contributed by atoms with E-state index in [0.717, 1.165) is 28.1 Å². The third-order valence-corrected chi connectivity index (χ3v) is 3.99. The van der Waals surface area contributed by atoms with Gasteiger partial charge in [-0.25, -0.2) is 5.43 Å². The van der Waals surface area contributed by atoms with Crippen LogP contribution >= 0.6 is 0 Å². The van der Waals surface area contributed by atoms with Crippen LogP contribution in [0.3, 0.4) is 0 Å². The number of nitrogens with zero attached hydrogens (tertiary/aromatic N) is 1. The number of carbonyl (C=O) groups is 2. The fraction of sp³-hybridized carbons (Fsp3) is 0.286. The molecule has 0 aliphatic rings. The molecule has 0 saturated heterocycles. The fourth-order valence-corrected chi connectivity index (χ4v) is 2.56. The van der Waals surface area contributed by atoms with E-state index in [2.05, 4.69) is 15.8 Å². The summed E-state index contributed by atoms with van der Waals surface area (Å²) >= 11 is 0. The minimum Gasteiger partial charge on any atom is -0.326 e. The number of carbonyl (C=O) groups excluding carboxylic acids is 2. The molecular formula is C21H25N3O2. The second-order valence-corrected chi connectivity index (χ2v) is 6.18. The van der Waals surface area contributed by atoms with Crippen LogP contribution < -0.4 is 10.7 Å². The highest BCUT2D eigenvalue weighted by Gasteiger charge is 2.09. The number of hydrogen-bond donors (Lipinski definition) is 2. The SMILES string of the molecule is CC/C(=N\NC(=O)CCC(=O)Nc1ccc(C)cc1C)c1ccccc1. The van der Waals surface area contributed by atoms with Crippen LogP contribution in [0.15, 0.2) is 53.6 Å². The van der Waals surface area contributed by atoms with Crippen molar-refractivity contribution in [3.05, 3.63) is 65.2 Å². The summed E-state index contributed by atoms with van der Waals surface area (Å²) in [4.78, 5) is 24.0. The van der Waals surface area contributed by atoms with Crippen LogP contribution in [-0.2, 0) is 9.59 Å². The molecule has 0 saturated carbocycles. The summed E-state index contributed by atoms with van der Waals surface area (Å²) in [6.45, 7) is 5.93. The maximum Gasteiger partial charge on any atom is 0.240 e. The van der Waals surface area contributed by atoms with Crippen LogP contribution in [0.1, 0.15) is 42.9 Å². The van der Waals surface area contributed by atoms with E-state index in [-0.39, 0.29) is 24.7 Å². The first kappa shape index (κ1) is 19.4. The van der Waals surface area contributed by atoms with Crippen LogP contribution in [0.4, 0.5) is 5.69 Å². The normalized spacial score (nSPS) is 11.1. The number of rotatable bonds is 7. The lowest BCUT2D eigenvalue weighted by molar-refractivity contribution is -0.124. The average molecular weight is 351 g/mol. The summed E-state index contributed by atoms with van der Waals surface area (Å²) in [5, 5.41) is 7.02. The molecule has 0 unspecified atom stereocenters. The van der Waals surface area contributed by atoms with Gasteiger partial charge in [0.15, 0.2) is 0 Å². The maximum atomic E-state index is 12.0. The van der Waals surface area contributed by atoms with E-state index >= 15 is 0 Å². The van der Waals surface area contributed by atoms with E-state index in [1.807, 2.05) is 69.3 Å². The van der Waals surface area contributed by atoms with Gasteiger partial charge >= 0.3 is 0 Å². The lowest BCUT2D eigenvalue weighted by Crippen LogP contribution is -2.22. The topological polar surface area (TPSA) is 70.6 Å². The minimum absolute atomic E-state index is 0.0893. The maximum absolute atomic E-state index is 12.0. The number of anilines is 1. The Morgan fingerprint density at radius 2 is 1.65 bits per heavy atom. The van der Waals surface area contributed by atoms with Crippen LogP contribution in [0.5, 0.6) is 0 Å². The second-order valence-electron chi connectivity index (χ2n) is 6.18. The third-order valence-electron chi connectivity index (χ3n) is 3.99. The molecular weight excluding hydrogens is 326 g/mol. The van der Waals surface area contributed by atoms with Gasteiger partial charge in [0, 0.05) is 18.5 Å². The molecule has 0 spiro atoms. The van der Waals surface area contributed by atoms with Gasteiger partial charge < -0.3 is 5.32 Å². The Morgan fingerprint density at radius 3 is 2.31 bits per heavy atom. The number of nitrogens with one attached hydrogen (secondary N) is 2. The lowest BCUT2D eigenvalue weighted by atomic mass is 10.1. The molecule has 0 aliphatic heterocycles. The summed E-state index contributed by atoms with van der Waals surface area (Å²) < 4.78 is 0. The molecule has 0 bridgehead atoms. The van der Waals surface area contributed by atoms with E-state index in [0.29, 0.717) is 6.42 Å². The number of benzene rings is 2. The van der Waals surface area contributed by atoms with Gasteiger partial charge in [0.2, 0.25) is 11.8 Å². The van der Waals surface area contributed by atoms with Crippen molar-refractivity contribution in [3.8, 4) is 0 Å². The summed E-state index contributed by atoms with van der Waals surface area (Å²) in [5.41, 5.74) is 7.24. The Labute approximate surface area is 154 Å². The van der Waals surface area contributed by atoms with E-state index in [9.17, 15) is 9.59 Å². The monoisotopic (exact) mass is 351 g/mol. The molecule has 26 heavy (non-hydrogen) atoms. The Kier molecular flexibility index (Phi) is 7.09. The van der Waals surface area contributed by atoms with Gasteiger partial charge in [-0.3, -0.25) is 9.59 Å². The van der Waals surface area contributed by atoms with Gasteiger partial charge in [0.25, 0.3) is 0 Å². The van der Waals surface area contributed by atoms with Crippen molar-refractivity contribution in [1.82, 2.24) is 5.43 Å². The Morgan fingerprint density at radius 1 is 0.962 bits per heavy atom. The van der Waals surface area contributed by atoms with Crippen LogP contribution in [0, 0.1) is 13.8 Å². The molecule has 5 heteroatoms. The molecule has 0 aromatic heterocycles. The molecule has 0 aliphatic carbocycles. The number of hydrogen-bond acceptors (Lipinski definition) is 3. The highest BCUT2D eigenvalue weighted by molar-refractivity contribution is 6.01. The van der Waals surface area contributed by atoms with Crippen molar-refractivity contribution in [3.63, 3.8) is 0 Å². The zero-order valence-corrected chi connectivity index (χ0v) is 15.5. The van der Waals surface area contributed by atoms with Crippen LogP contribution in [0.25, 0.3) is 0 Å². The molecule has 2 amide bonds. The van der Waals surface area contributed by atoms with Crippen molar-refractivity contribution in [2.75, 3.05) is 5.32 Å². The van der Waals surface area contributed by atoms with E-state index in [1.165, 1.54) is 0 Å². The average Bonchev–Trinajstić information content (AvgIpc) is 2.64. The molecule has 0 fully saturated rings. The molecule has 2 N–H and O–H groups in total. The Balaban J connectivity index is 1.84. The summed E-state index contributed by atoms with van der Waals surface area (Å²) in [5.74, 6) is -0.461. The van der Waals surface area contributed by atoms with Crippen molar-refractivity contribution < 1.29 is 9.59 Å². The number of amides is 2. The van der Waals surface area contributed by atoms with Crippen molar-refractivity contribution in [2.24, 2.45) is 5.10 Å². The molecule has 0 atom stereocenters. The van der Waals surface area contributed by atoms with E-state index < -0.39 is 0 Å². The first-order valence-corrected chi connectivity index (χ1v) is 8.77. The summed E-state index contributed by atoms with van der Waals surface area (Å²) in [6, 6.07) is 15.5. The zero-order valence-electron chi connectivity index (χ0n) is 15.5. The van der Waals surface area contributed by atoms with Gasteiger partial charge in [0.05, 0.1) is 5.71 Å². The van der Waals surface area contributed by atoms with E-state index in [4.69, 9.17) is 0 Å². The van der Waals surface area contributed by atoms with Crippen molar-refractivity contribution in [2.45, 2.75) is 40.0 Å². The number of hydrazone groups is 1. The highest BCUT2D eigenvalue weighted by atomic mass is 16.2. The van der Waals surface area contributed by atoms with Crippen LogP contribution in [-0.4, -0.2) is 17.5 Å². The van der Waals surface area contributed by atoms with Gasteiger partial charge in [0.1, 0.15) is 0 Å². The predicted octanol–water partition coefficient (Wildman–Crippen LogP) is 3.95. The predicted molar refractivity (Wildman–Crippen MR) is 105 cm³/mol. The fourth-order valence-electron chi connectivity index (χ4n) is 2.56. The quantitative estimate of drug-likeness (QED) is 0.586. The molecule has 5 nitrogen and oxygen atoms in total. The highest BCUT2D eigenvalue weighted by Crippen LogP contribution is 2.16.